The Morgan fingerprint density at radius 3 is 2.71 bits per heavy atom. The van der Waals surface area contributed by atoms with Crippen LogP contribution in [0.1, 0.15) is 78.6 Å². The van der Waals surface area contributed by atoms with Gasteiger partial charge in [0.05, 0.1) is 13.7 Å². The minimum Gasteiger partial charge on any atom is -0.466 e. The quantitative estimate of drug-likeness (QED) is 0.241. The van der Waals surface area contributed by atoms with Crippen LogP contribution in [0.2, 0.25) is 0 Å². The zero-order valence-corrected chi connectivity index (χ0v) is 21.3. The van der Waals surface area contributed by atoms with Crippen LogP contribution < -0.4 is 11.1 Å². The average molecular weight is 476 g/mol. The van der Waals surface area contributed by atoms with Gasteiger partial charge in [-0.25, -0.2) is 4.79 Å². The number of hydrogen-bond acceptors (Lipinski definition) is 6. The molecule has 0 spiro atoms. The Bertz CT molecular complexity index is 854. The number of ketones is 2. The lowest BCUT2D eigenvalue weighted by Gasteiger charge is -2.42. The molecule has 0 aromatic heterocycles. The van der Waals surface area contributed by atoms with Crippen molar-refractivity contribution in [2.45, 2.75) is 95.9 Å². The number of esters is 1. The van der Waals surface area contributed by atoms with E-state index in [4.69, 9.17) is 15.2 Å². The fraction of sp³-hybridized carbons (Fsp3) is 0.815. The van der Waals surface area contributed by atoms with E-state index in [1.807, 2.05) is 6.08 Å². The number of fused-ring (bicyclic) bond motifs is 2. The Hall–Kier alpha value is -1.57. The molecule has 4 fully saturated rings. The van der Waals surface area contributed by atoms with Crippen molar-refractivity contribution in [2.75, 3.05) is 13.7 Å². The first-order valence-corrected chi connectivity index (χ1v) is 13.3. The molecule has 4 aliphatic rings. The van der Waals surface area contributed by atoms with Gasteiger partial charge >= 0.3 is 5.97 Å². The van der Waals surface area contributed by atoms with E-state index in [1.165, 1.54) is 13.5 Å². The lowest BCUT2D eigenvalue weighted by atomic mass is 9.57. The van der Waals surface area contributed by atoms with Crippen molar-refractivity contribution in [2.24, 2.45) is 35.3 Å². The highest BCUT2D eigenvalue weighted by molar-refractivity contribution is 6.23. The van der Waals surface area contributed by atoms with Crippen molar-refractivity contribution in [3.8, 4) is 0 Å². The minimum atomic E-state index is -1.75. The van der Waals surface area contributed by atoms with Gasteiger partial charge in [0.1, 0.15) is 6.17 Å². The standard InChI is InChI=1S/C27H42N2O5/c1-16(2)14-19-6-5-7-20-22(19)24(31)27(25(32)33-4)26(34-27,23(20)30)12-10-17(3)8-9-18-11-13-29-21(28)15-18/h10,16,18-22,29H,5-9,11-15,28H2,1-4H3/p+1/t18?,19?,20?,21?,22?,26-,27+/m0/s1. The highest BCUT2D eigenvalue weighted by Gasteiger charge is 2.87. The van der Waals surface area contributed by atoms with Gasteiger partial charge in [0.25, 0.3) is 5.60 Å². The summed E-state index contributed by atoms with van der Waals surface area (Å²) in [4.78, 5) is 40.7. The molecule has 0 bridgehead atoms. The molecule has 2 heterocycles. The predicted molar refractivity (Wildman–Crippen MR) is 127 cm³/mol. The second-order valence-electron chi connectivity index (χ2n) is 11.7. The molecular weight excluding hydrogens is 432 g/mol. The van der Waals surface area contributed by atoms with E-state index < -0.39 is 23.1 Å². The largest absolute Gasteiger partial charge is 0.466 e. The average Bonchev–Trinajstić information content (AvgIpc) is 3.51. The lowest BCUT2D eigenvalue weighted by molar-refractivity contribution is -0.699. The van der Waals surface area contributed by atoms with Gasteiger partial charge in [0.15, 0.2) is 17.2 Å². The van der Waals surface area contributed by atoms with Crippen LogP contribution in [0.3, 0.4) is 0 Å². The van der Waals surface area contributed by atoms with Crippen molar-refractivity contribution >= 4 is 17.5 Å². The lowest BCUT2D eigenvalue weighted by Crippen LogP contribution is -2.94. The van der Waals surface area contributed by atoms with Gasteiger partial charge in [-0.05, 0) is 63.2 Å². The molecule has 2 saturated heterocycles. The molecule has 34 heavy (non-hydrogen) atoms. The van der Waals surface area contributed by atoms with Crippen LogP contribution in [-0.2, 0) is 23.9 Å². The number of allylic oxidation sites excluding steroid dienone is 1. The van der Waals surface area contributed by atoms with E-state index in [9.17, 15) is 14.4 Å². The van der Waals surface area contributed by atoms with Gasteiger partial charge in [-0.15, -0.1) is 0 Å². The maximum atomic E-state index is 13.9. The van der Waals surface area contributed by atoms with Gasteiger partial charge in [0.2, 0.25) is 0 Å². The van der Waals surface area contributed by atoms with Gasteiger partial charge < -0.3 is 14.8 Å². The molecule has 0 radical (unpaired) electrons. The first kappa shape index (κ1) is 25.5. The second-order valence-corrected chi connectivity index (χ2v) is 11.7. The maximum absolute atomic E-state index is 13.9. The van der Waals surface area contributed by atoms with E-state index in [2.05, 4.69) is 26.1 Å². The molecule has 0 aromatic rings. The van der Waals surface area contributed by atoms with Gasteiger partial charge in [0, 0.05) is 24.7 Å². The van der Waals surface area contributed by atoms with Crippen molar-refractivity contribution < 1.29 is 29.2 Å². The molecule has 7 heteroatoms. The van der Waals surface area contributed by atoms with Crippen LogP contribution in [0, 0.1) is 29.6 Å². The Kier molecular flexibility index (Phi) is 7.37. The summed E-state index contributed by atoms with van der Waals surface area (Å²) in [5.41, 5.74) is 4.11. The Labute approximate surface area is 203 Å². The number of carbonyl (C=O) groups is 3. The highest BCUT2D eigenvalue weighted by Crippen LogP contribution is 2.62. The van der Waals surface area contributed by atoms with Gasteiger partial charge in [-0.1, -0.05) is 31.9 Å². The number of nitrogens with two attached hydrogens (primary N) is 2. The number of hydrogen-bond donors (Lipinski definition) is 2. The number of quaternary nitrogens is 1. The molecule has 190 valence electrons. The number of epoxide rings is 1. The first-order valence-electron chi connectivity index (χ1n) is 13.3. The number of carbonyl (C=O) groups excluding carboxylic acids is 3. The third-order valence-electron chi connectivity index (χ3n) is 8.85. The SMILES string of the molecule is COC(=O)[C@@]12O[C@@]1(CC=C(C)CCC1CC[NH2+]C(N)C1)C(=O)C1CCCC(CC(C)C)C1C2=O. The predicted octanol–water partition coefficient (Wildman–Crippen LogP) is 2.27. The summed E-state index contributed by atoms with van der Waals surface area (Å²) < 4.78 is 11.0. The van der Waals surface area contributed by atoms with Crippen LogP contribution >= 0.6 is 0 Å². The van der Waals surface area contributed by atoms with E-state index >= 15 is 0 Å². The zero-order chi connectivity index (χ0) is 24.7. The van der Waals surface area contributed by atoms with Gasteiger partial charge in [-0.2, -0.15) is 0 Å². The maximum Gasteiger partial charge on any atom is 0.349 e. The molecule has 4 rings (SSSR count). The molecule has 4 N–H and O–H groups in total. The van der Waals surface area contributed by atoms with Crippen LogP contribution in [0.25, 0.3) is 0 Å². The summed E-state index contributed by atoms with van der Waals surface area (Å²) in [5, 5.41) is 2.20. The summed E-state index contributed by atoms with van der Waals surface area (Å²) in [6, 6.07) is 0. The monoisotopic (exact) mass is 475 g/mol. The number of methoxy groups -OCH3 is 1. The molecule has 2 saturated carbocycles. The number of rotatable bonds is 8. The molecule has 5 unspecified atom stereocenters. The fourth-order valence-electron chi connectivity index (χ4n) is 7.09. The Balaban J connectivity index is 1.52. The van der Waals surface area contributed by atoms with Crippen LogP contribution in [0.5, 0.6) is 0 Å². The molecule has 2 aliphatic carbocycles. The van der Waals surface area contributed by atoms with Crippen LogP contribution in [0.15, 0.2) is 11.6 Å². The minimum absolute atomic E-state index is 0.0613. The van der Waals surface area contributed by atoms with Crippen LogP contribution in [0.4, 0.5) is 0 Å². The summed E-state index contributed by atoms with van der Waals surface area (Å²) in [5.74, 6) is -0.607. The summed E-state index contributed by atoms with van der Waals surface area (Å²) in [7, 11) is 1.27. The van der Waals surface area contributed by atoms with Gasteiger partial charge in [-0.3, -0.25) is 15.3 Å². The van der Waals surface area contributed by atoms with Crippen LogP contribution in [-0.4, -0.2) is 48.6 Å². The van der Waals surface area contributed by atoms with E-state index in [1.54, 1.807) is 0 Å². The summed E-state index contributed by atoms with van der Waals surface area (Å²) >= 11 is 0. The number of Topliss-reactive ketones (excluding diaryl/α,β-unsaturated/α-hetero) is 2. The summed E-state index contributed by atoms with van der Waals surface area (Å²) in [6.45, 7) is 7.41. The molecule has 0 aromatic carbocycles. The smallest absolute Gasteiger partial charge is 0.349 e. The zero-order valence-electron chi connectivity index (χ0n) is 21.3. The van der Waals surface area contributed by atoms with Crippen molar-refractivity contribution in [3.05, 3.63) is 11.6 Å². The second kappa shape index (κ2) is 9.82. The van der Waals surface area contributed by atoms with E-state index in [0.717, 1.165) is 50.6 Å². The fourth-order valence-corrected chi connectivity index (χ4v) is 7.09. The number of piperidine rings is 1. The number of ether oxygens (including phenoxy) is 2. The highest BCUT2D eigenvalue weighted by atomic mass is 16.7. The van der Waals surface area contributed by atoms with E-state index in [0.29, 0.717) is 18.3 Å². The van der Waals surface area contributed by atoms with Crippen molar-refractivity contribution in [1.82, 2.24) is 0 Å². The molecule has 2 aliphatic heterocycles. The summed E-state index contributed by atoms with van der Waals surface area (Å²) in [6.07, 6.45) is 10.1. The first-order chi connectivity index (χ1) is 16.2. The third kappa shape index (κ3) is 4.28. The van der Waals surface area contributed by atoms with Crippen molar-refractivity contribution in [3.63, 3.8) is 0 Å². The van der Waals surface area contributed by atoms with Crippen molar-refractivity contribution in [1.29, 1.82) is 0 Å². The Morgan fingerprint density at radius 1 is 1.26 bits per heavy atom. The molecule has 7 atom stereocenters. The molecular formula is C27H43N2O5+. The van der Waals surface area contributed by atoms with E-state index in [-0.39, 0.29) is 36.0 Å². The molecule has 7 nitrogen and oxygen atoms in total. The molecule has 0 amide bonds. The Morgan fingerprint density at radius 2 is 2.03 bits per heavy atom. The normalized spacial score (nSPS) is 40.1. The topological polar surface area (TPSA) is 116 Å². The third-order valence-corrected chi connectivity index (χ3v) is 8.85.